The summed E-state index contributed by atoms with van der Waals surface area (Å²) in [5.41, 5.74) is 1.34. The first-order chi connectivity index (χ1) is 14.5. The maximum absolute atomic E-state index is 13.0. The predicted molar refractivity (Wildman–Crippen MR) is 124 cm³/mol. The fourth-order valence-corrected chi connectivity index (χ4v) is 4.55. The van der Waals surface area contributed by atoms with E-state index in [0.29, 0.717) is 32.8 Å². The first-order valence-corrected chi connectivity index (χ1v) is 11.1. The minimum atomic E-state index is -0.202. The Balaban J connectivity index is 1.53. The van der Waals surface area contributed by atoms with Gasteiger partial charge in [0.05, 0.1) is 15.6 Å². The second kappa shape index (κ2) is 9.33. The SMILES string of the molecule is Cn1c(=O)c(-c2c(Cl)cccc2Cl)cc2cnc(NCCCN3CCCCC3)nc21. The highest BCUT2D eigenvalue weighted by atomic mass is 35.5. The van der Waals surface area contributed by atoms with E-state index in [-0.39, 0.29) is 5.56 Å². The molecule has 1 N–H and O–H groups in total. The molecule has 6 nitrogen and oxygen atoms in total. The Labute approximate surface area is 185 Å². The molecule has 1 aromatic carbocycles. The number of aryl methyl sites for hydroxylation is 1. The average Bonchev–Trinajstić information content (AvgIpc) is 2.75. The van der Waals surface area contributed by atoms with Crippen molar-refractivity contribution in [2.75, 3.05) is 31.5 Å². The lowest BCUT2D eigenvalue weighted by molar-refractivity contribution is 0.228. The van der Waals surface area contributed by atoms with Crippen molar-refractivity contribution >= 4 is 40.2 Å². The maximum atomic E-state index is 13.0. The summed E-state index contributed by atoms with van der Waals surface area (Å²) >= 11 is 12.6. The van der Waals surface area contributed by atoms with Crippen LogP contribution in [0.1, 0.15) is 25.7 Å². The molecular weight excluding hydrogens is 421 g/mol. The number of piperidine rings is 1. The van der Waals surface area contributed by atoms with Gasteiger partial charge in [0, 0.05) is 30.7 Å². The van der Waals surface area contributed by atoms with Crippen LogP contribution in [0.5, 0.6) is 0 Å². The largest absolute Gasteiger partial charge is 0.354 e. The Morgan fingerprint density at radius 2 is 1.87 bits per heavy atom. The van der Waals surface area contributed by atoms with E-state index < -0.39 is 0 Å². The summed E-state index contributed by atoms with van der Waals surface area (Å²) in [6.07, 6.45) is 6.71. The van der Waals surface area contributed by atoms with E-state index in [0.717, 1.165) is 24.9 Å². The molecule has 3 aromatic rings. The van der Waals surface area contributed by atoms with Crippen LogP contribution in [0.2, 0.25) is 10.0 Å². The Kier molecular flexibility index (Phi) is 6.56. The third kappa shape index (κ3) is 4.46. The van der Waals surface area contributed by atoms with Crippen LogP contribution in [0, 0.1) is 0 Å². The normalized spacial score (nSPS) is 14.9. The molecule has 0 spiro atoms. The van der Waals surface area contributed by atoms with Gasteiger partial charge in [-0.3, -0.25) is 9.36 Å². The van der Waals surface area contributed by atoms with Gasteiger partial charge in [-0.05, 0) is 57.1 Å². The zero-order valence-electron chi connectivity index (χ0n) is 17.0. The van der Waals surface area contributed by atoms with Gasteiger partial charge in [-0.1, -0.05) is 35.7 Å². The highest BCUT2D eigenvalue weighted by Gasteiger charge is 2.16. The van der Waals surface area contributed by atoms with Crippen molar-refractivity contribution in [3.05, 3.63) is 50.9 Å². The van der Waals surface area contributed by atoms with Crippen molar-refractivity contribution < 1.29 is 0 Å². The van der Waals surface area contributed by atoms with Crippen LogP contribution in [0.25, 0.3) is 22.2 Å². The number of nitrogens with zero attached hydrogens (tertiary/aromatic N) is 4. The molecule has 8 heteroatoms. The standard InChI is InChI=1S/C22H25Cl2N5O/c1-28-20-15(13-16(21(28)30)19-17(23)7-5-8-18(19)24)14-26-22(27-20)25-9-6-12-29-10-3-2-4-11-29/h5,7-8,13-14H,2-4,6,9-12H2,1H3,(H,25,26,27). The third-order valence-corrected chi connectivity index (χ3v) is 6.19. The molecule has 1 fully saturated rings. The van der Waals surface area contributed by atoms with E-state index in [1.54, 1.807) is 37.5 Å². The van der Waals surface area contributed by atoms with E-state index in [2.05, 4.69) is 20.2 Å². The van der Waals surface area contributed by atoms with Crippen LogP contribution >= 0.6 is 23.2 Å². The minimum Gasteiger partial charge on any atom is -0.354 e. The molecule has 1 aliphatic heterocycles. The summed E-state index contributed by atoms with van der Waals surface area (Å²) in [5.74, 6) is 0.527. The topological polar surface area (TPSA) is 63.1 Å². The summed E-state index contributed by atoms with van der Waals surface area (Å²) < 4.78 is 1.52. The molecule has 1 saturated heterocycles. The smallest absolute Gasteiger partial charge is 0.259 e. The number of rotatable bonds is 6. The van der Waals surface area contributed by atoms with Crippen molar-refractivity contribution in [3.63, 3.8) is 0 Å². The molecule has 30 heavy (non-hydrogen) atoms. The summed E-state index contributed by atoms with van der Waals surface area (Å²) in [6, 6.07) is 6.95. The van der Waals surface area contributed by atoms with Gasteiger partial charge >= 0.3 is 0 Å². The second-order valence-electron chi connectivity index (χ2n) is 7.67. The molecule has 0 unspecified atom stereocenters. The van der Waals surface area contributed by atoms with E-state index in [1.165, 1.54) is 36.9 Å². The Morgan fingerprint density at radius 1 is 1.13 bits per heavy atom. The van der Waals surface area contributed by atoms with Gasteiger partial charge in [0.2, 0.25) is 5.95 Å². The minimum absolute atomic E-state index is 0.202. The van der Waals surface area contributed by atoms with Crippen molar-refractivity contribution in [3.8, 4) is 11.1 Å². The first-order valence-electron chi connectivity index (χ1n) is 10.3. The lowest BCUT2D eigenvalue weighted by Gasteiger charge is -2.26. The molecule has 0 atom stereocenters. The van der Waals surface area contributed by atoms with Crippen LogP contribution in [0.15, 0.2) is 35.3 Å². The number of halogens is 2. The number of benzene rings is 1. The van der Waals surface area contributed by atoms with E-state index in [4.69, 9.17) is 23.2 Å². The van der Waals surface area contributed by atoms with Gasteiger partial charge in [-0.2, -0.15) is 4.98 Å². The number of hydrogen-bond donors (Lipinski definition) is 1. The van der Waals surface area contributed by atoms with E-state index in [9.17, 15) is 4.79 Å². The van der Waals surface area contributed by atoms with Crippen LogP contribution in [0.4, 0.5) is 5.95 Å². The number of hydrogen-bond acceptors (Lipinski definition) is 5. The van der Waals surface area contributed by atoms with Crippen molar-refractivity contribution in [2.24, 2.45) is 7.05 Å². The molecule has 0 bridgehead atoms. The number of nitrogens with one attached hydrogen (secondary N) is 1. The predicted octanol–water partition coefficient (Wildman–Crippen LogP) is 4.59. The van der Waals surface area contributed by atoms with E-state index >= 15 is 0 Å². The zero-order chi connectivity index (χ0) is 21.1. The summed E-state index contributed by atoms with van der Waals surface area (Å²) in [7, 11) is 1.70. The molecule has 0 aliphatic carbocycles. The lowest BCUT2D eigenvalue weighted by Crippen LogP contribution is -2.31. The zero-order valence-corrected chi connectivity index (χ0v) is 18.5. The van der Waals surface area contributed by atoms with Crippen molar-refractivity contribution in [1.29, 1.82) is 0 Å². The second-order valence-corrected chi connectivity index (χ2v) is 8.49. The number of anilines is 1. The maximum Gasteiger partial charge on any atom is 0.259 e. The van der Waals surface area contributed by atoms with Gasteiger partial charge in [-0.15, -0.1) is 0 Å². The van der Waals surface area contributed by atoms with Gasteiger partial charge in [0.15, 0.2) is 0 Å². The van der Waals surface area contributed by atoms with Crippen molar-refractivity contribution in [1.82, 2.24) is 19.4 Å². The van der Waals surface area contributed by atoms with Crippen LogP contribution < -0.4 is 10.9 Å². The van der Waals surface area contributed by atoms with Gasteiger partial charge in [-0.25, -0.2) is 4.98 Å². The van der Waals surface area contributed by atoms with E-state index in [1.807, 2.05) is 0 Å². The van der Waals surface area contributed by atoms with Gasteiger partial charge in [0.1, 0.15) is 5.65 Å². The molecule has 1 aliphatic rings. The molecule has 0 amide bonds. The number of aromatic nitrogens is 3. The highest BCUT2D eigenvalue weighted by molar-refractivity contribution is 6.39. The Hall–Kier alpha value is -2.15. The Morgan fingerprint density at radius 3 is 2.60 bits per heavy atom. The summed E-state index contributed by atoms with van der Waals surface area (Å²) in [5, 5.41) is 4.91. The van der Waals surface area contributed by atoms with Crippen LogP contribution in [0.3, 0.4) is 0 Å². The van der Waals surface area contributed by atoms with Crippen LogP contribution in [-0.4, -0.2) is 45.6 Å². The van der Waals surface area contributed by atoms with Crippen molar-refractivity contribution in [2.45, 2.75) is 25.7 Å². The first kappa shape index (κ1) is 21.1. The highest BCUT2D eigenvalue weighted by Crippen LogP contribution is 2.33. The lowest BCUT2D eigenvalue weighted by atomic mass is 10.1. The average molecular weight is 446 g/mol. The molecule has 158 valence electrons. The molecular formula is C22H25Cl2N5O. The molecule has 0 radical (unpaired) electrons. The molecule has 3 heterocycles. The van der Waals surface area contributed by atoms with Crippen LogP contribution in [-0.2, 0) is 7.05 Å². The number of likely N-dealkylation sites (tertiary alicyclic amines) is 1. The van der Waals surface area contributed by atoms with Gasteiger partial charge in [0.25, 0.3) is 5.56 Å². The summed E-state index contributed by atoms with van der Waals surface area (Å²) in [6.45, 7) is 4.28. The number of pyridine rings is 1. The third-order valence-electron chi connectivity index (χ3n) is 5.56. The van der Waals surface area contributed by atoms with Gasteiger partial charge < -0.3 is 10.2 Å². The Bertz CT molecular complexity index is 1090. The number of fused-ring (bicyclic) bond motifs is 1. The fraction of sp³-hybridized carbons (Fsp3) is 0.409. The molecule has 0 saturated carbocycles. The quantitative estimate of drug-likeness (QED) is 0.562. The summed E-state index contributed by atoms with van der Waals surface area (Å²) in [4.78, 5) is 24.5. The molecule has 2 aromatic heterocycles. The monoisotopic (exact) mass is 445 g/mol. The fourth-order valence-electron chi connectivity index (χ4n) is 3.95. The molecule has 4 rings (SSSR count).